The van der Waals surface area contributed by atoms with Crippen molar-refractivity contribution in [3.63, 3.8) is 0 Å². The third-order valence-electron chi connectivity index (χ3n) is 4.54. The molecule has 2 aliphatic heterocycles. The molecule has 6 heteroatoms. The molecular weight excluding hydrogens is 304 g/mol. The van der Waals surface area contributed by atoms with Gasteiger partial charge in [-0.05, 0) is 37.4 Å². The molecule has 1 amide bonds. The molecule has 3 rings (SSSR count). The number of hydrogen-bond donors (Lipinski definition) is 1. The van der Waals surface area contributed by atoms with Gasteiger partial charge in [-0.15, -0.1) is 12.4 Å². The predicted octanol–water partition coefficient (Wildman–Crippen LogP) is 1.95. The van der Waals surface area contributed by atoms with E-state index in [1.165, 1.54) is 0 Å². The molecule has 122 valence electrons. The lowest BCUT2D eigenvalue weighted by atomic mass is 9.93. The van der Waals surface area contributed by atoms with Gasteiger partial charge in [0.05, 0.1) is 14.2 Å². The number of piperidine rings is 1. The monoisotopic (exact) mass is 326 g/mol. The lowest BCUT2D eigenvalue weighted by Gasteiger charge is -2.35. The van der Waals surface area contributed by atoms with Gasteiger partial charge in [0.1, 0.15) is 11.5 Å². The Kier molecular flexibility index (Phi) is 5.53. The molecule has 2 aliphatic rings. The molecule has 0 bridgehead atoms. The summed E-state index contributed by atoms with van der Waals surface area (Å²) in [6, 6.07) is 5.94. The predicted molar refractivity (Wildman–Crippen MR) is 87.2 cm³/mol. The van der Waals surface area contributed by atoms with Gasteiger partial charge in [-0.2, -0.15) is 0 Å². The Hall–Kier alpha value is -1.46. The van der Waals surface area contributed by atoms with Crippen LogP contribution in [0.5, 0.6) is 11.5 Å². The van der Waals surface area contributed by atoms with Gasteiger partial charge in [0.2, 0.25) is 0 Å². The standard InChI is InChI=1S/C16H22N2O3.ClH/c1-20-13-7-12(8-14(9-13)21-2)16(19)18-6-4-15-11(10-18)3-5-17-15;/h7-9,11,15,17H,3-6,10H2,1-2H3;1H. The van der Waals surface area contributed by atoms with Crippen molar-refractivity contribution in [1.82, 2.24) is 10.2 Å². The molecule has 1 N–H and O–H groups in total. The molecule has 1 aromatic rings. The second-order valence-electron chi connectivity index (χ2n) is 5.75. The van der Waals surface area contributed by atoms with Crippen LogP contribution in [0.3, 0.4) is 0 Å². The summed E-state index contributed by atoms with van der Waals surface area (Å²) in [5.41, 5.74) is 0.635. The number of amides is 1. The van der Waals surface area contributed by atoms with Crippen molar-refractivity contribution < 1.29 is 14.3 Å². The van der Waals surface area contributed by atoms with E-state index in [1.807, 2.05) is 4.90 Å². The maximum atomic E-state index is 12.7. The van der Waals surface area contributed by atoms with Crippen LogP contribution in [0.2, 0.25) is 0 Å². The van der Waals surface area contributed by atoms with Crippen LogP contribution in [0.1, 0.15) is 23.2 Å². The zero-order chi connectivity index (χ0) is 14.8. The summed E-state index contributed by atoms with van der Waals surface area (Å²) in [5.74, 6) is 1.96. The van der Waals surface area contributed by atoms with E-state index in [0.29, 0.717) is 29.0 Å². The zero-order valence-electron chi connectivity index (χ0n) is 13.0. The molecular formula is C16H23ClN2O3. The summed E-state index contributed by atoms with van der Waals surface area (Å²) in [6.45, 7) is 2.73. The lowest BCUT2D eigenvalue weighted by Crippen LogP contribution is -2.46. The van der Waals surface area contributed by atoms with Crippen molar-refractivity contribution in [2.75, 3.05) is 33.9 Å². The highest BCUT2D eigenvalue weighted by Crippen LogP contribution is 2.28. The lowest BCUT2D eigenvalue weighted by molar-refractivity contribution is 0.0661. The van der Waals surface area contributed by atoms with Gasteiger partial charge in [0.15, 0.2) is 0 Å². The van der Waals surface area contributed by atoms with Gasteiger partial charge < -0.3 is 19.7 Å². The Morgan fingerprint density at radius 2 is 1.86 bits per heavy atom. The molecule has 2 atom stereocenters. The Morgan fingerprint density at radius 3 is 2.50 bits per heavy atom. The zero-order valence-corrected chi connectivity index (χ0v) is 13.8. The van der Waals surface area contributed by atoms with E-state index in [9.17, 15) is 4.79 Å². The number of benzene rings is 1. The minimum atomic E-state index is 0. The fourth-order valence-electron chi connectivity index (χ4n) is 3.35. The highest BCUT2D eigenvalue weighted by Gasteiger charge is 2.34. The molecule has 0 saturated carbocycles. The fourth-order valence-corrected chi connectivity index (χ4v) is 3.35. The number of rotatable bonds is 3. The summed E-state index contributed by atoms with van der Waals surface area (Å²) in [6.07, 6.45) is 2.20. The fraction of sp³-hybridized carbons (Fsp3) is 0.562. The van der Waals surface area contributed by atoms with Crippen molar-refractivity contribution in [2.24, 2.45) is 5.92 Å². The molecule has 0 spiro atoms. The number of nitrogens with zero attached hydrogens (tertiary/aromatic N) is 1. The summed E-state index contributed by atoms with van der Waals surface area (Å²) in [4.78, 5) is 14.7. The number of hydrogen-bond acceptors (Lipinski definition) is 4. The van der Waals surface area contributed by atoms with Crippen LogP contribution in [0, 0.1) is 5.92 Å². The van der Waals surface area contributed by atoms with E-state index in [4.69, 9.17) is 9.47 Å². The van der Waals surface area contributed by atoms with E-state index < -0.39 is 0 Å². The average Bonchev–Trinajstić information content (AvgIpc) is 3.01. The van der Waals surface area contributed by atoms with E-state index in [1.54, 1.807) is 32.4 Å². The maximum Gasteiger partial charge on any atom is 0.254 e. The van der Waals surface area contributed by atoms with E-state index in [2.05, 4.69) is 5.32 Å². The largest absolute Gasteiger partial charge is 0.497 e. The van der Waals surface area contributed by atoms with Crippen LogP contribution in [-0.4, -0.2) is 50.7 Å². The van der Waals surface area contributed by atoms with Gasteiger partial charge >= 0.3 is 0 Å². The summed E-state index contributed by atoms with van der Waals surface area (Å²) in [5, 5.41) is 3.52. The maximum absolute atomic E-state index is 12.7. The third-order valence-corrected chi connectivity index (χ3v) is 4.54. The minimum absolute atomic E-state index is 0. The van der Waals surface area contributed by atoms with Gasteiger partial charge in [0.25, 0.3) is 5.91 Å². The van der Waals surface area contributed by atoms with Crippen LogP contribution in [0.25, 0.3) is 0 Å². The summed E-state index contributed by atoms with van der Waals surface area (Å²) in [7, 11) is 3.19. The molecule has 2 heterocycles. The number of halogens is 1. The summed E-state index contributed by atoms with van der Waals surface area (Å²) < 4.78 is 10.5. The van der Waals surface area contributed by atoms with Crippen LogP contribution in [-0.2, 0) is 0 Å². The second kappa shape index (κ2) is 7.20. The smallest absolute Gasteiger partial charge is 0.254 e. The molecule has 22 heavy (non-hydrogen) atoms. The van der Waals surface area contributed by atoms with Crippen molar-refractivity contribution in [2.45, 2.75) is 18.9 Å². The number of methoxy groups -OCH3 is 2. The van der Waals surface area contributed by atoms with Gasteiger partial charge in [-0.1, -0.05) is 0 Å². The highest BCUT2D eigenvalue weighted by molar-refractivity contribution is 5.95. The molecule has 0 radical (unpaired) electrons. The molecule has 2 saturated heterocycles. The van der Waals surface area contributed by atoms with Crippen LogP contribution >= 0.6 is 12.4 Å². The second-order valence-corrected chi connectivity index (χ2v) is 5.75. The van der Waals surface area contributed by atoms with Crippen LogP contribution in [0.4, 0.5) is 0 Å². The normalized spacial score (nSPS) is 23.5. The first-order valence-corrected chi connectivity index (χ1v) is 7.47. The van der Waals surface area contributed by atoms with Gasteiger partial charge in [0, 0.05) is 30.8 Å². The van der Waals surface area contributed by atoms with Crippen molar-refractivity contribution in [1.29, 1.82) is 0 Å². The van der Waals surface area contributed by atoms with Gasteiger partial charge in [-0.3, -0.25) is 4.79 Å². The third kappa shape index (κ3) is 3.31. The van der Waals surface area contributed by atoms with Crippen molar-refractivity contribution in [3.05, 3.63) is 23.8 Å². The Morgan fingerprint density at radius 1 is 1.18 bits per heavy atom. The summed E-state index contributed by atoms with van der Waals surface area (Å²) >= 11 is 0. The van der Waals surface area contributed by atoms with Crippen LogP contribution < -0.4 is 14.8 Å². The SMILES string of the molecule is COc1cc(OC)cc(C(=O)N2CCC3NCCC3C2)c1.Cl. The van der Waals surface area contributed by atoms with Crippen molar-refractivity contribution >= 4 is 18.3 Å². The molecule has 5 nitrogen and oxygen atoms in total. The molecule has 0 aromatic heterocycles. The number of carbonyl (C=O) groups excluding carboxylic acids is 1. The highest BCUT2D eigenvalue weighted by atomic mass is 35.5. The number of likely N-dealkylation sites (tertiary alicyclic amines) is 1. The molecule has 2 unspecified atom stereocenters. The average molecular weight is 327 g/mol. The minimum Gasteiger partial charge on any atom is -0.497 e. The molecule has 1 aromatic carbocycles. The van der Waals surface area contributed by atoms with Gasteiger partial charge in [-0.25, -0.2) is 0 Å². The number of nitrogens with one attached hydrogen (secondary N) is 1. The van der Waals surface area contributed by atoms with Crippen LogP contribution in [0.15, 0.2) is 18.2 Å². The quantitative estimate of drug-likeness (QED) is 0.922. The first-order valence-electron chi connectivity index (χ1n) is 7.47. The number of ether oxygens (including phenoxy) is 2. The first-order chi connectivity index (χ1) is 10.2. The van der Waals surface area contributed by atoms with E-state index in [0.717, 1.165) is 32.5 Å². The topological polar surface area (TPSA) is 50.8 Å². The van der Waals surface area contributed by atoms with Crippen molar-refractivity contribution in [3.8, 4) is 11.5 Å². The first kappa shape index (κ1) is 16.9. The number of carbonyl (C=O) groups is 1. The van der Waals surface area contributed by atoms with E-state index >= 15 is 0 Å². The number of fused-ring (bicyclic) bond motifs is 1. The Balaban J connectivity index is 0.00000176. The van der Waals surface area contributed by atoms with E-state index in [-0.39, 0.29) is 18.3 Å². The molecule has 0 aliphatic carbocycles. The Bertz CT molecular complexity index is 516. The Labute approximate surface area is 137 Å². The molecule has 2 fully saturated rings.